The topological polar surface area (TPSA) is 67.4 Å². The second kappa shape index (κ2) is 9.64. The van der Waals surface area contributed by atoms with Gasteiger partial charge in [-0.15, -0.1) is 11.3 Å². The lowest BCUT2D eigenvalue weighted by Gasteiger charge is -2.26. The molecule has 1 aliphatic heterocycles. The Morgan fingerprint density at radius 3 is 3.00 bits per heavy atom. The Hall–Kier alpha value is -1.22. The van der Waals surface area contributed by atoms with Crippen LogP contribution >= 0.6 is 23.1 Å². The summed E-state index contributed by atoms with van der Waals surface area (Å²) in [6.45, 7) is 9.40. The highest BCUT2D eigenvalue weighted by molar-refractivity contribution is 8.00. The van der Waals surface area contributed by atoms with Crippen LogP contribution in [0.5, 0.6) is 0 Å². The number of morpholine rings is 1. The van der Waals surface area contributed by atoms with Gasteiger partial charge in [0.1, 0.15) is 16.2 Å². The van der Waals surface area contributed by atoms with Gasteiger partial charge in [0.2, 0.25) is 5.91 Å². The van der Waals surface area contributed by atoms with Crippen LogP contribution in [0, 0.1) is 0 Å². The third-order valence-corrected chi connectivity index (χ3v) is 6.71. The first-order chi connectivity index (χ1) is 12.7. The van der Waals surface area contributed by atoms with Crippen molar-refractivity contribution in [1.29, 1.82) is 0 Å². The van der Waals surface area contributed by atoms with Gasteiger partial charge in [-0.3, -0.25) is 9.69 Å². The summed E-state index contributed by atoms with van der Waals surface area (Å²) in [5.41, 5.74) is 0. The van der Waals surface area contributed by atoms with Crippen molar-refractivity contribution in [2.45, 2.75) is 37.0 Å². The Kier molecular flexibility index (Phi) is 7.24. The molecule has 3 heterocycles. The molecule has 3 rings (SSSR count). The van der Waals surface area contributed by atoms with E-state index in [4.69, 9.17) is 4.74 Å². The average molecular weight is 395 g/mol. The minimum Gasteiger partial charge on any atom is -0.379 e. The molecule has 8 heteroatoms. The van der Waals surface area contributed by atoms with Crippen LogP contribution in [-0.2, 0) is 16.0 Å². The van der Waals surface area contributed by atoms with Crippen LogP contribution in [0.4, 0.5) is 0 Å². The highest BCUT2D eigenvalue weighted by Gasteiger charge is 2.18. The molecule has 6 nitrogen and oxygen atoms in total. The summed E-state index contributed by atoms with van der Waals surface area (Å²) in [5.74, 6) is 0.0645. The number of rotatable bonds is 8. The summed E-state index contributed by atoms with van der Waals surface area (Å²) in [6, 6.07) is 2.15. The lowest BCUT2D eigenvalue weighted by molar-refractivity contribution is -0.120. The van der Waals surface area contributed by atoms with Crippen molar-refractivity contribution < 1.29 is 9.53 Å². The number of hydrogen-bond acceptors (Lipinski definition) is 7. The second-order valence-electron chi connectivity index (χ2n) is 6.32. The van der Waals surface area contributed by atoms with Crippen molar-refractivity contribution in [3.8, 4) is 0 Å². The molecular formula is C18H26N4O2S2. The maximum absolute atomic E-state index is 12.4. The third kappa shape index (κ3) is 5.16. The molecule has 0 saturated carbocycles. The van der Waals surface area contributed by atoms with Crippen LogP contribution < -0.4 is 5.32 Å². The molecule has 2 aromatic rings. The molecule has 2 aromatic heterocycles. The number of aryl methyl sites for hydroxylation is 1. The lowest BCUT2D eigenvalue weighted by Crippen LogP contribution is -2.38. The van der Waals surface area contributed by atoms with E-state index in [1.54, 1.807) is 17.7 Å². The van der Waals surface area contributed by atoms with Crippen LogP contribution in [0.3, 0.4) is 0 Å². The van der Waals surface area contributed by atoms with Crippen molar-refractivity contribution in [1.82, 2.24) is 20.2 Å². The van der Waals surface area contributed by atoms with Crippen LogP contribution in [0.2, 0.25) is 0 Å². The van der Waals surface area contributed by atoms with Crippen molar-refractivity contribution in [3.63, 3.8) is 0 Å². The number of nitrogens with zero attached hydrogens (tertiary/aromatic N) is 3. The van der Waals surface area contributed by atoms with Gasteiger partial charge in [0.15, 0.2) is 0 Å². The van der Waals surface area contributed by atoms with Gasteiger partial charge < -0.3 is 10.1 Å². The van der Waals surface area contributed by atoms with Gasteiger partial charge in [0.05, 0.1) is 18.5 Å². The molecule has 0 aliphatic carbocycles. The number of carbonyl (C=O) groups excluding carboxylic acids is 1. The maximum Gasteiger partial charge on any atom is 0.233 e. The van der Waals surface area contributed by atoms with Crippen LogP contribution in [0.25, 0.3) is 10.2 Å². The van der Waals surface area contributed by atoms with Crippen molar-refractivity contribution in [2.24, 2.45) is 0 Å². The molecule has 142 valence electrons. The van der Waals surface area contributed by atoms with Crippen molar-refractivity contribution in [3.05, 3.63) is 17.3 Å². The third-order valence-electron chi connectivity index (χ3n) is 4.40. The molecule has 0 spiro atoms. The Morgan fingerprint density at radius 1 is 1.42 bits per heavy atom. The number of carbonyl (C=O) groups is 1. The predicted molar refractivity (Wildman–Crippen MR) is 107 cm³/mol. The Bertz CT molecular complexity index is 731. The van der Waals surface area contributed by atoms with E-state index >= 15 is 0 Å². The van der Waals surface area contributed by atoms with E-state index in [0.717, 1.165) is 60.9 Å². The number of thioether (sulfide) groups is 1. The summed E-state index contributed by atoms with van der Waals surface area (Å²) in [6.07, 6.45) is 3.54. The number of aromatic nitrogens is 2. The molecule has 1 unspecified atom stereocenters. The number of nitrogens with one attached hydrogen (secondary N) is 1. The predicted octanol–water partition coefficient (Wildman–Crippen LogP) is 2.57. The Morgan fingerprint density at radius 2 is 2.23 bits per heavy atom. The van der Waals surface area contributed by atoms with E-state index < -0.39 is 0 Å². The van der Waals surface area contributed by atoms with Gasteiger partial charge in [-0.05, 0) is 32.4 Å². The fraction of sp³-hybridized carbons (Fsp3) is 0.611. The zero-order valence-corrected chi connectivity index (χ0v) is 17.0. The summed E-state index contributed by atoms with van der Waals surface area (Å²) in [4.78, 5) is 25.8. The summed E-state index contributed by atoms with van der Waals surface area (Å²) >= 11 is 3.21. The molecule has 1 atom stereocenters. The van der Waals surface area contributed by atoms with Crippen molar-refractivity contribution >= 4 is 39.2 Å². The van der Waals surface area contributed by atoms with E-state index in [-0.39, 0.29) is 11.2 Å². The molecule has 26 heavy (non-hydrogen) atoms. The quantitative estimate of drug-likeness (QED) is 0.422. The summed E-state index contributed by atoms with van der Waals surface area (Å²) in [7, 11) is 0. The first-order valence-electron chi connectivity index (χ1n) is 9.15. The average Bonchev–Trinajstić information content (AvgIpc) is 3.10. The molecule has 1 N–H and O–H groups in total. The smallest absolute Gasteiger partial charge is 0.233 e. The standard InChI is InChI=1S/C18H26N4O2S2/c1-3-14-11-15-17(20-12-21-18(15)26-14)25-13(2)16(23)19-5-4-6-22-7-9-24-10-8-22/h11-13H,3-10H2,1-2H3,(H,19,23). The normalized spacial score (nSPS) is 16.7. The van der Waals surface area contributed by atoms with Gasteiger partial charge in [-0.25, -0.2) is 9.97 Å². The van der Waals surface area contributed by atoms with Crippen LogP contribution in [0.15, 0.2) is 17.4 Å². The fourth-order valence-corrected chi connectivity index (χ4v) is 4.77. The maximum atomic E-state index is 12.4. The largest absolute Gasteiger partial charge is 0.379 e. The first kappa shape index (κ1) is 19.5. The van der Waals surface area contributed by atoms with E-state index in [1.165, 1.54) is 16.6 Å². The van der Waals surface area contributed by atoms with Crippen molar-refractivity contribution in [2.75, 3.05) is 39.4 Å². The summed E-state index contributed by atoms with van der Waals surface area (Å²) < 4.78 is 5.35. The Balaban J connectivity index is 1.47. The van der Waals surface area contributed by atoms with E-state index in [1.807, 2.05) is 6.92 Å². The minimum atomic E-state index is -0.179. The molecule has 1 amide bonds. The molecule has 1 saturated heterocycles. The van der Waals surface area contributed by atoms with E-state index in [9.17, 15) is 4.79 Å². The van der Waals surface area contributed by atoms with Crippen LogP contribution in [-0.4, -0.2) is 65.4 Å². The lowest BCUT2D eigenvalue weighted by atomic mass is 10.3. The number of ether oxygens (including phenoxy) is 1. The van der Waals surface area contributed by atoms with Crippen LogP contribution in [0.1, 0.15) is 25.1 Å². The number of amides is 1. The Labute approximate surface area is 162 Å². The fourth-order valence-electron chi connectivity index (χ4n) is 2.86. The number of hydrogen-bond donors (Lipinski definition) is 1. The molecule has 0 radical (unpaired) electrons. The SMILES string of the molecule is CCc1cc2c(SC(C)C(=O)NCCCN3CCOCC3)ncnc2s1. The number of fused-ring (bicyclic) bond motifs is 1. The van der Waals surface area contributed by atoms with Gasteiger partial charge in [0.25, 0.3) is 0 Å². The van der Waals surface area contributed by atoms with E-state index in [2.05, 4.69) is 33.2 Å². The highest BCUT2D eigenvalue weighted by Crippen LogP contribution is 2.32. The minimum absolute atomic E-state index is 0.0645. The number of thiophene rings is 1. The first-order valence-corrected chi connectivity index (χ1v) is 10.8. The van der Waals surface area contributed by atoms with Gasteiger partial charge >= 0.3 is 0 Å². The summed E-state index contributed by atoms with van der Waals surface area (Å²) in [5, 5.41) is 4.82. The molecule has 1 aliphatic rings. The van der Waals surface area contributed by atoms with E-state index in [0.29, 0.717) is 6.54 Å². The van der Waals surface area contributed by atoms with Gasteiger partial charge in [-0.1, -0.05) is 18.7 Å². The molecule has 1 fully saturated rings. The molecule has 0 aromatic carbocycles. The zero-order chi connectivity index (χ0) is 18.4. The zero-order valence-electron chi connectivity index (χ0n) is 15.4. The second-order valence-corrected chi connectivity index (χ2v) is 8.77. The molecule has 0 bridgehead atoms. The highest BCUT2D eigenvalue weighted by atomic mass is 32.2. The monoisotopic (exact) mass is 394 g/mol. The van der Waals surface area contributed by atoms with Gasteiger partial charge in [0, 0.05) is 29.9 Å². The molecular weight excluding hydrogens is 368 g/mol. The van der Waals surface area contributed by atoms with Gasteiger partial charge in [-0.2, -0.15) is 0 Å².